The lowest BCUT2D eigenvalue weighted by atomic mass is 10.1. The van der Waals surface area contributed by atoms with E-state index in [0.29, 0.717) is 11.1 Å². The predicted molar refractivity (Wildman–Crippen MR) is 62.9 cm³/mol. The number of allylic oxidation sites excluding steroid dienone is 1. The Kier molecular flexibility index (Phi) is 4.94. The number of hydrogen-bond donors (Lipinski definition) is 0. The third-order valence-electron chi connectivity index (χ3n) is 2.07. The Morgan fingerprint density at radius 2 is 1.88 bits per heavy atom. The molecule has 0 atom stereocenters. The molecule has 17 heavy (non-hydrogen) atoms. The fourth-order valence-corrected chi connectivity index (χ4v) is 1.19. The van der Waals surface area contributed by atoms with Crippen LogP contribution in [-0.2, 0) is 9.47 Å². The van der Waals surface area contributed by atoms with Gasteiger partial charge < -0.3 is 9.47 Å². The highest BCUT2D eigenvalue weighted by Crippen LogP contribution is 2.08. The fraction of sp³-hybridized carbons (Fsp3) is 0.231. The van der Waals surface area contributed by atoms with E-state index in [2.05, 4.69) is 4.74 Å². The first-order chi connectivity index (χ1) is 8.19. The molecular weight excluding hydrogens is 220 g/mol. The van der Waals surface area contributed by atoms with E-state index in [1.54, 1.807) is 30.4 Å². The van der Waals surface area contributed by atoms with Crippen molar-refractivity contribution >= 4 is 11.9 Å². The number of esters is 2. The average Bonchev–Trinajstić information content (AvgIpc) is 2.38. The van der Waals surface area contributed by atoms with E-state index in [4.69, 9.17) is 4.74 Å². The second kappa shape index (κ2) is 6.48. The number of ether oxygens (including phenoxy) is 2. The summed E-state index contributed by atoms with van der Waals surface area (Å²) in [5.41, 5.74) is 0.658. The van der Waals surface area contributed by atoms with Crippen molar-refractivity contribution < 1.29 is 19.1 Å². The minimum atomic E-state index is -0.479. The first-order valence-electron chi connectivity index (χ1n) is 5.15. The van der Waals surface area contributed by atoms with Gasteiger partial charge in [-0.2, -0.15) is 0 Å². The van der Waals surface area contributed by atoms with Crippen LogP contribution in [-0.4, -0.2) is 25.7 Å². The summed E-state index contributed by atoms with van der Waals surface area (Å²) in [4.78, 5) is 22.8. The SMILES string of the molecule is C/C=C/COC(=O)c1cccc(C(=O)OC)c1. The van der Waals surface area contributed by atoms with Crippen molar-refractivity contribution in [3.63, 3.8) is 0 Å². The normalized spacial score (nSPS) is 10.2. The van der Waals surface area contributed by atoms with Gasteiger partial charge in [0, 0.05) is 0 Å². The average molecular weight is 234 g/mol. The van der Waals surface area contributed by atoms with E-state index in [0.717, 1.165) is 0 Å². The molecule has 0 aliphatic carbocycles. The number of methoxy groups -OCH3 is 1. The van der Waals surface area contributed by atoms with Crippen molar-refractivity contribution in [1.29, 1.82) is 0 Å². The van der Waals surface area contributed by atoms with Gasteiger partial charge in [-0.25, -0.2) is 9.59 Å². The van der Waals surface area contributed by atoms with E-state index in [9.17, 15) is 9.59 Å². The van der Waals surface area contributed by atoms with Gasteiger partial charge in [0.25, 0.3) is 0 Å². The maximum atomic E-state index is 11.6. The van der Waals surface area contributed by atoms with Crippen LogP contribution in [0.1, 0.15) is 27.6 Å². The Bertz CT molecular complexity index is 435. The highest BCUT2D eigenvalue weighted by atomic mass is 16.5. The molecule has 4 heteroatoms. The summed E-state index contributed by atoms with van der Waals surface area (Å²) in [7, 11) is 1.29. The zero-order chi connectivity index (χ0) is 12.7. The van der Waals surface area contributed by atoms with E-state index >= 15 is 0 Å². The molecule has 1 aromatic carbocycles. The maximum absolute atomic E-state index is 11.6. The number of carbonyl (C=O) groups is 2. The molecule has 0 bridgehead atoms. The number of rotatable bonds is 4. The van der Waals surface area contributed by atoms with Gasteiger partial charge in [-0.15, -0.1) is 0 Å². The van der Waals surface area contributed by atoms with Crippen LogP contribution in [0.4, 0.5) is 0 Å². The van der Waals surface area contributed by atoms with Crippen molar-refractivity contribution in [2.24, 2.45) is 0 Å². The van der Waals surface area contributed by atoms with Crippen molar-refractivity contribution in [1.82, 2.24) is 0 Å². The maximum Gasteiger partial charge on any atom is 0.338 e. The summed E-state index contributed by atoms with van der Waals surface area (Å²) in [6.07, 6.45) is 3.51. The van der Waals surface area contributed by atoms with Gasteiger partial charge in [-0.1, -0.05) is 18.2 Å². The lowest BCUT2D eigenvalue weighted by Crippen LogP contribution is -2.07. The minimum absolute atomic E-state index is 0.220. The molecule has 0 aliphatic heterocycles. The molecule has 1 aromatic rings. The Morgan fingerprint density at radius 1 is 1.24 bits per heavy atom. The molecule has 90 valence electrons. The molecule has 0 fully saturated rings. The second-order valence-electron chi connectivity index (χ2n) is 3.24. The molecule has 0 amide bonds. The van der Waals surface area contributed by atoms with Crippen molar-refractivity contribution in [2.45, 2.75) is 6.92 Å². The Morgan fingerprint density at radius 3 is 2.47 bits per heavy atom. The highest BCUT2D eigenvalue weighted by molar-refractivity contribution is 5.95. The Labute approximate surface area is 99.8 Å². The molecule has 0 spiro atoms. The van der Waals surface area contributed by atoms with Crippen LogP contribution in [0, 0.1) is 0 Å². The summed E-state index contributed by atoms with van der Waals surface area (Å²) < 4.78 is 9.53. The Hall–Kier alpha value is -2.10. The van der Waals surface area contributed by atoms with Gasteiger partial charge in [-0.05, 0) is 25.1 Å². The van der Waals surface area contributed by atoms with Crippen LogP contribution in [0.2, 0.25) is 0 Å². The molecule has 0 saturated heterocycles. The molecular formula is C13H14O4. The van der Waals surface area contributed by atoms with Crippen LogP contribution in [0.5, 0.6) is 0 Å². The van der Waals surface area contributed by atoms with E-state index in [1.807, 2.05) is 6.92 Å². The van der Waals surface area contributed by atoms with Gasteiger partial charge in [0.1, 0.15) is 6.61 Å². The zero-order valence-corrected chi connectivity index (χ0v) is 9.80. The molecule has 0 radical (unpaired) electrons. The second-order valence-corrected chi connectivity index (χ2v) is 3.24. The molecule has 0 aromatic heterocycles. The summed E-state index contributed by atoms with van der Waals surface area (Å²) >= 11 is 0. The van der Waals surface area contributed by atoms with Crippen LogP contribution >= 0.6 is 0 Å². The smallest absolute Gasteiger partial charge is 0.338 e. The summed E-state index contributed by atoms with van der Waals surface area (Å²) in [5.74, 6) is -0.943. The zero-order valence-electron chi connectivity index (χ0n) is 9.80. The lowest BCUT2D eigenvalue weighted by Gasteiger charge is -2.03. The van der Waals surface area contributed by atoms with Gasteiger partial charge in [0.05, 0.1) is 18.2 Å². The van der Waals surface area contributed by atoms with Gasteiger partial charge in [0.2, 0.25) is 0 Å². The van der Waals surface area contributed by atoms with Gasteiger partial charge >= 0.3 is 11.9 Å². The molecule has 0 aliphatic rings. The van der Waals surface area contributed by atoms with E-state index in [-0.39, 0.29) is 6.61 Å². The van der Waals surface area contributed by atoms with Crippen molar-refractivity contribution in [3.05, 3.63) is 47.5 Å². The molecule has 0 heterocycles. The molecule has 0 saturated carbocycles. The van der Waals surface area contributed by atoms with E-state index in [1.165, 1.54) is 13.2 Å². The van der Waals surface area contributed by atoms with Crippen LogP contribution in [0.3, 0.4) is 0 Å². The fourth-order valence-electron chi connectivity index (χ4n) is 1.19. The summed E-state index contributed by atoms with van der Waals surface area (Å²) in [6.45, 7) is 2.06. The predicted octanol–water partition coefficient (Wildman–Crippen LogP) is 2.21. The molecule has 0 N–H and O–H groups in total. The Balaban J connectivity index is 2.77. The summed E-state index contributed by atoms with van der Waals surface area (Å²) in [5, 5.41) is 0. The van der Waals surface area contributed by atoms with Crippen molar-refractivity contribution in [3.8, 4) is 0 Å². The first kappa shape index (κ1) is 13.0. The quantitative estimate of drug-likeness (QED) is 0.592. The third kappa shape index (κ3) is 3.75. The topological polar surface area (TPSA) is 52.6 Å². The minimum Gasteiger partial charge on any atom is -0.465 e. The largest absolute Gasteiger partial charge is 0.465 e. The molecule has 4 nitrogen and oxygen atoms in total. The molecule has 0 unspecified atom stereocenters. The van der Waals surface area contributed by atoms with Gasteiger partial charge in [-0.3, -0.25) is 0 Å². The van der Waals surface area contributed by atoms with Crippen LogP contribution in [0.25, 0.3) is 0 Å². The monoisotopic (exact) mass is 234 g/mol. The summed E-state index contributed by atoms with van der Waals surface area (Å²) in [6, 6.07) is 6.22. The first-order valence-corrected chi connectivity index (χ1v) is 5.15. The standard InChI is InChI=1S/C13H14O4/c1-3-4-8-17-13(15)11-7-5-6-10(9-11)12(14)16-2/h3-7,9H,8H2,1-2H3/b4-3+. The number of benzene rings is 1. The van der Waals surface area contributed by atoms with Crippen LogP contribution < -0.4 is 0 Å². The number of carbonyl (C=O) groups excluding carboxylic acids is 2. The highest BCUT2D eigenvalue weighted by Gasteiger charge is 2.10. The number of hydrogen-bond acceptors (Lipinski definition) is 4. The molecule has 1 rings (SSSR count). The van der Waals surface area contributed by atoms with Gasteiger partial charge in [0.15, 0.2) is 0 Å². The van der Waals surface area contributed by atoms with Crippen molar-refractivity contribution in [2.75, 3.05) is 13.7 Å². The third-order valence-corrected chi connectivity index (χ3v) is 2.07. The lowest BCUT2D eigenvalue weighted by molar-refractivity contribution is 0.0549. The van der Waals surface area contributed by atoms with E-state index < -0.39 is 11.9 Å². The van der Waals surface area contributed by atoms with Crippen LogP contribution in [0.15, 0.2) is 36.4 Å².